The first kappa shape index (κ1) is 21.8. The van der Waals surface area contributed by atoms with Crippen LogP contribution in [-0.2, 0) is 16.0 Å². The molecule has 0 radical (unpaired) electrons. The number of rotatable bonds is 9. The van der Waals surface area contributed by atoms with E-state index >= 15 is 0 Å². The SMILES string of the molecule is CC(C)(C)N[C@@H](Cc1ccc(O)cc1)C(=O)NCCOC(C)(C)CS. The maximum atomic E-state index is 12.6. The van der Waals surface area contributed by atoms with Crippen LogP contribution in [0.1, 0.15) is 40.2 Å². The number of amides is 1. The third-order valence-corrected chi connectivity index (χ3v) is 4.34. The van der Waals surface area contributed by atoms with Crippen molar-refractivity contribution in [2.24, 2.45) is 0 Å². The Bertz CT molecular complexity index is 539. The zero-order valence-corrected chi connectivity index (χ0v) is 16.8. The molecule has 1 aromatic carbocycles. The fourth-order valence-corrected chi connectivity index (χ4v) is 2.36. The van der Waals surface area contributed by atoms with Crippen molar-refractivity contribution < 1.29 is 14.6 Å². The van der Waals surface area contributed by atoms with Gasteiger partial charge in [0, 0.05) is 17.8 Å². The molecule has 0 bridgehead atoms. The van der Waals surface area contributed by atoms with Crippen LogP contribution in [0.15, 0.2) is 24.3 Å². The average molecular weight is 369 g/mol. The molecule has 0 saturated carbocycles. The van der Waals surface area contributed by atoms with Gasteiger partial charge in [0.25, 0.3) is 0 Å². The van der Waals surface area contributed by atoms with Crippen LogP contribution in [0.5, 0.6) is 5.75 Å². The Kier molecular flexibility index (Phi) is 8.25. The molecular weight excluding hydrogens is 336 g/mol. The number of hydrogen-bond acceptors (Lipinski definition) is 5. The van der Waals surface area contributed by atoms with Gasteiger partial charge in [0.1, 0.15) is 5.75 Å². The van der Waals surface area contributed by atoms with Crippen molar-refractivity contribution in [1.29, 1.82) is 0 Å². The monoisotopic (exact) mass is 368 g/mol. The van der Waals surface area contributed by atoms with Crippen LogP contribution in [0.25, 0.3) is 0 Å². The molecule has 1 aromatic rings. The summed E-state index contributed by atoms with van der Waals surface area (Å²) in [7, 11) is 0. The van der Waals surface area contributed by atoms with Gasteiger partial charge in [0.2, 0.25) is 5.91 Å². The second kappa shape index (κ2) is 9.46. The van der Waals surface area contributed by atoms with Gasteiger partial charge in [-0.05, 0) is 58.7 Å². The number of carbonyl (C=O) groups excluding carboxylic acids is 1. The van der Waals surface area contributed by atoms with E-state index in [2.05, 4.69) is 23.3 Å². The van der Waals surface area contributed by atoms with Crippen LogP contribution in [0.4, 0.5) is 0 Å². The molecule has 1 rings (SSSR count). The normalized spacial score (nSPS) is 13.5. The van der Waals surface area contributed by atoms with Crippen LogP contribution in [0.2, 0.25) is 0 Å². The third-order valence-electron chi connectivity index (χ3n) is 3.57. The number of phenols is 1. The van der Waals surface area contributed by atoms with Gasteiger partial charge in [0.15, 0.2) is 0 Å². The molecule has 0 aliphatic carbocycles. The van der Waals surface area contributed by atoms with E-state index in [1.807, 2.05) is 46.8 Å². The number of thiol groups is 1. The lowest BCUT2D eigenvalue weighted by atomic mass is 10.0. The molecule has 0 saturated heterocycles. The largest absolute Gasteiger partial charge is 0.508 e. The molecule has 6 heteroatoms. The van der Waals surface area contributed by atoms with E-state index in [0.717, 1.165) is 5.56 Å². The third kappa shape index (κ3) is 9.14. The van der Waals surface area contributed by atoms with E-state index in [-0.39, 0.29) is 28.8 Å². The van der Waals surface area contributed by atoms with Gasteiger partial charge < -0.3 is 20.5 Å². The van der Waals surface area contributed by atoms with E-state index in [0.29, 0.717) is 25.3 Å². The number of nitrogens with one attached hydrogen (secondary N) is 2. The Morgan fingerprint density at radius 1 is 1.20 bits per heavy atom. The van der Waals surface area contributed by atoms with E-state index in [9.17, 15) is 9.90 Å². The van der Waals surface area contributed by atoms with Crippen molar-refractivity contribution in [3.05, 3.63) is 29.8 Å². The quantitative estimate of drug-likeness (QED) is 0.399. The topological polar surface area (TPSA) is 70.6 Å². The summed E-state index contributed by atoms with van der Waals surface area (Å²) in [4.78, 5) is 12.6. The van der Waals surface area contributed by atoms with Gasteiger partial charge in [-0.25, -0.2) is 0 Å². The maximum absolute atomic E-state index is 12.6. The highest BCUT2D eigenvalue weighted by atomic mass is 32.1. The van der Waals surface area contributed by atoms with Crippen molar-refractivity contribution in [1.82, 2.24) is 10.6 Å². The molecule has 0 spiro atoms. The van der Waals surface area contributed by atoms with Crippen molar-refractivity contribution in [2.75, 3.05) is 18.9 Å². The van der Waals surface area contributed by atoms with Gasteiger partial charge in [0.05, 0.1) is 18.2 Å². The van der Waals surface area contributed by atoms with Crippen LogP contribution < -0.4 is 10.6 Å². The first-order valence-electron chi connectivity index (χ1n) is 8.60. The molecule has 1 atom stereocenters. The summed E-state index contributed by atoms with van der Waals surface area (Å²) in [5.41, 5.74) is 0.494. The zero-order chi connectivity index (χ0) is 19.1. The van der Waals surface area contributed by atoms with E-state index < -0.39 is 0 Å². The molecule has 0 aliphatic heterocycles. The number of benzene rings is 1. The molecule has 25 heavy (non-hydrogen) atoms. The first-order valence-corrected chi connectivity index (χ1v) is 9.24. The molecule has 5 nitrogen and oxygen atoms in total. The second-order valence-electron chi connectivity index (χ2n) is 7.87. The average Bonchev–Trinajstić information content (AvgIpc) is 2.51. The summed E-state index contributed by atoms with van der Waals surface area (Å²) in [6, 6.07) is 6.57. The fourth-order valence-electron chi connectivity index (χ4n) is 2.27. The minimum absolute atomic E-state index is 0.0599. The number of ether oxygens (including phenoxy) is 1. The smallest absolute Gasteiger partial charge is 0.237 e. The molecule has 0 aromatic heterocycles. The van der Waals surface area contributed by atoms with Gasteiger partial charge in [-0.15, -0.1) is 0 Å². The van der Waals surface area contributed by atoms with Crippen LogP contribution in [-0.4, -0.2) is 47.1 Å². The standard InChI is InChI=1S/C19H32N2O3S/c1-18(2,3)21-16(12-14-6-8-15(22)9-7-14)17(23)20-10-11-24-19(4,5)13-25/h6-9,16,21-22,25H,10-13H2,1-5H3,(H,20,23)/t16-/m0/s1. The molecule has 0 heterocycles. The molecule has 0 fully saturated rings. The van der Waals surface area contributed by atoms with Gasteiger partial charge in [-0.2, -0.15) is 12.6 Å². The van der Waals surface area contributed by atoms with Crippen molar-refractivity contribution in [2.45, 2.75) is 58.2 Å². The minimum Gasteiger partial charge on any atom is -0.508 e. The molecule has 0 unspecified atom stereocenters. The van der Waals surface area contributed by atoms with Gasteiger partial charge in [-0.3, -0.25) is 4.79 Å². The summed E-state index contributed by atoms with van der Waals surface area (Å²) >= 11 is 4.25. The van der Waals surface area contributed by atoms with Crippen LogP contribution in [0, 0.1) is 0 Å². The minimum atomic E-state index is -0.359. The van der Waals surface area contributed by atoms with Crippen LogP contribution in [0.3, 0.4) is 0 Å². The van der Waals surface area contributed by atoms with E-state index in [1.54, 1.807) is 12.1 Å². The van der Waals surface area contributed by atoms with E-state index in [1.165, 1.54) is 0 Å². The Hall–Kier alpha value is -1.24. The Morgan fingerprint density at radius 3 is 2.32 bits per heavy atom. The predicted octanol–water partition coefficient (Wildman–Crippen LogP) is 2.53. The van der Waals surface area contributed by atoms with Crippen LogP contribution >= 0.6 is 12.6 Å². The lowest BCUT2D eigenvalue weighted by Crippen LogP contribution is -2.53. The Labute approximate surface area is 156 Å². The number of aromatic hydroxyl groups is 1. The van der Waals surface area contributed by atoms with Gasteiger partial charge >= 0.3 is 0 Å². The summed E-state index contributed by atoms with van der Waals surface area (Å²) < 4.78 is 5.70. The highest BCUT2D eigenvalue weighted by Gasteiger charge is 2.24. The molecule has 142 valence electrons. The highest BCUT2D eigenvalue weighted by Crippen LogP contribution is 2.13. The van der Waals surface area contributed by atoms with Gasteiger partial charge in [-0.1, -0.05) is 12.1 Å². The fraction of sp³-hybridized carbons (Fsp3) is 0.632. The molecule has 0 aliphatic rings. The highest BCUT2D eigenvalue weighted by molar-refractivity contribution is 7.80. The second-order valence-corrected chi connectivity index (χ2v) is 8.19. The lowest BCUT2D eigenvalue weighted by Gasteiger charge is -2.28. The molecule has 1 amide bonds. The first-order chi connectivity index (χ1) is 11.5. The summed E-state index contributed by atoms with van der Waals surface area (Å²) in [5.74, 6) is 0.781. The van der Waals surface area contributed by atoms with Crippen molar-refractivity contribution >= 4 is 18.5 Å². The van der Waals surface area contributed by atoms with Crippen molar-refractivity contribution in [3.8, 4) is 5.75 Å². The predicted molar refractivity (Wildman–Crippen MR) is 105 cm³/mol. The number of carbonyl (C=O) groups is 1. The number of hydrogen-bond donors (Lipinski definition) is 4. The zero-order valence-electron chi connectivity index (χ0n) is 15.9. The molecular formula is C19H32N2O3S. The van der Waals surface area contributed by atoms with Crippen molar-refractivity contribution in [3.63, 3.8) is 0 Å². The summed E-state index contributed by atoms with van der Waals surface area (Å²) in [6.45, 7) is 10.9. The lowest BCUT2D eigenvalue weighted by molar-refractivity contribution is -0.124. The number of phenolic OH excluding ortho intramolecular Hbond substituents is 1. The summed E-state index contributed by atoms with van der Waals surface area (Å²) in [5, 5.41) is 15.7. The Balaban J connectivity index is 2.62. The molecule has 3 N–H and O–H groups in total. The van der Waals surface area contributed by atoms with E-state index in [4.69, 9.17) is 4.74 Å². The Morgan fingerprint density at radius 2 is 1.80 bits per heavy atom. The summed E-state index contributed by atoms with van der Waals surface area (Å²) in [6.07, 6.45) is 0.548. The maximum Gasteiger partial charge on any atom is 0.237 e.